The van der Waals surface area contributed by atoms with Crippen LogP contribution < -0.4 is 4.74 Å². The first kappa shape index (κ1) is 14.8. The summed E-state index contributed by atoms with van der Waals surface area (Å²) in [6.45, 7) is 1.34. The molecule has 2 rings (SSSR count). The number of aliphatic hydroxyl groups is 1. The van der Waals surface area contributed by atoms with Gasteiger partial charge in [-0.3, -0.25) is 0 Å². The van der Waals surface area contributed by atoms with Gasteiger partial charge < -0.3 is 9.84 Å². The van der Waals surface area contributed by atoms with Gasteiger partial charge in [0.05, 0.1) is 22.9 Å². The third-order valence-corrected chi connectivity index (χ3v) is 3.40. The van der Waals surface area contributed by atoms with Gasteiger partial charge in [-0.15, -0.1) is 11.3 Å². The second kappa shape index (κ2) is 5.80. The van der Waals surface area contributed by atoms with E-state index in [4.69, 9.17) is 9.84 Å². The Morgan fingerprint density at radius 3 is 2.65 bits per heavy atom. The van der Waals surface area contributed by atoms with Gasteiger partial charge >= 0.3 is 6.18 Å². The van der Waals surface area contributed by atoms with E-state index in [2.05, 4.69) is 4.98 Å². The molecule has 1 aromatic heterocycles. The molecule has 1 N–H and O–H groups in total. The number of aliphatic hydroxyl groups excluding tert-OH is 1. The maximum Gasteiger partial charge on any atom is 0.419 e. The molecule has 7 heteroatoms. The van der Waals surface area contributed by atoms with Crippen molar-refractivity contribution in [3.05, 3.63) is 45.4 Å². The van der Waals surface area contributed by atoms with E-state index in [0.717, 1.165) is 11.1 Å². The molecule has 2 aromatic rings. The van der Waals surface area contributed by atoms with Crippen molar-refractivity contribution >= 4 is 11.3 Å². The van der Waals surface area contributed by atoms with E-state index < -0.39 is 18.3 Å². The van der Waals surface area contributed by atoms with Crippen LogP contribution in [0.1, 0.15) is 21.8 Å². The van der Waals surface area contributed by atoms with Crippen molar-refractivity contribution in [2.75, 3.05) is 0 Å². The Hall–Kier alpha value is -1.60. The van der Waals surface area contributed by atoms with Crippen molar-refractivity contribution in [1.82, 2.24) is 4.98 Å². The van der Waals surface area contributed by atoms with Gasteiger partial charge in [-0.2, -0.15) is 13.2 Å². The topological polar surface area (TPSA) is 42.4 Å². The number of thiazole rings is 1. The summed E-state index contributed by atoms with van der Waals surface area (Å²) in [5.74, 6) is -0.264. The van der Waals surface area contributed by atoms with Gasteiger partial charge in [0.1, 0.15) is 12.4 Å². The van der Waals surface area contributed by atoms with Crippen molar-refractivity contribution < 1.29 is 23.0 Å². The standard InChI is InChI=1S/C13H12F3NO2S/c1-8-17-10(7-20-8)6-19-12-3-2-9(5-18)4-11(12)13(14,15)16/h2-4,7,18H,5-6H2,1H3. The molecule has 0 fully saturated rings. The van der Waals surface area contributed by atoms with Gasteiger partial charge in [-0.25, -0.2) is 4.98 Å². The molecule has 0 atom stereocenters. The second-order valence-corrected chi connectivity index (χ2v) is 5.20. The molecule has 1 aromatic carbocycles. The molecular weight excluding hydrogens is 291 g/mol. The van der Waals surface area contributed by atoms with E-state index in [1.807, 2.05) is 6.92 Å². The molecule has 108 valence electrons. The number of hydrogen-bond acceptors (Lipinski definition) is 4. The Labute approximate surface area is 117 Å². The molecule has 0 aliphatic carbocycles. The van der Waals surface area contributed by atoms with Crippen LogP contribution in [0.4, 0.5) is 13.2 Å². The number of benzene rings is 1. The molecule has 20 heavy (non-hydrogen) atoms. The molecule has 3 nitrogen and oxygen atoms in total. The minimum Gasteiger partial charge on any atom is -0.487 e. The first-order chi connectivity index (χ1) is 9.40. The van der Waals surface area contributed by atoms with Gasteiger partial charge in [0.25, 0.3) is 0 Å². The van der Waals surface area contributed by atoms with Crippen molar-refractivity contribution in [2.24, 2.45) is 0 Å². The zero-order valence-corrected chi connectivity index (χ0v) is 11.4. The zero-order chi connectivity index (χ0) is 14.8. The molecule has 0 aliphatic heterocycles. The van der Waals surface area contributed by atoms with Crippen LogP contribution in [0.25, 0.3) is 0 Å². The third kappa shape index (κ3) is 3.49. The van der Waals surface area contributed by atoms with E-state index in [9.17, 15) is 13.2 Å². The molecule has 0 radical (unpaired) electrons. The fourth-order valence-corrected chi connectivity index (χ4v) is 2.25. The quantitative estimate of drug-likeness (QED) is 0.939. The van der Waals surface area contributed by atoms with Crippen LogP contribution >= 0.6 is 11.3 Å². The summed E-state index contributed by atoms with van der Waals surface area (Å²) in [6, 6.07) is 3.51. The summed E-state index contributed by atoms with van der Waals surface area (Å²) in [5, 5.41) is 11.5. The minimum atomic E-state index is -4.53. The van der Waals surface area contributed by atoms with E-state index >= 15 is 0 Å². The first-order valence-corrected chi connectivity index (χ1v) is 6.63. The third-order valence-electron chi connectivity index (χ3n) is 2.57. The molecule has 0 saturated heterocycles. The van der Waals surface area contributed by atoms with E-state index in [1.165, 1.54) is 23.5 Å². The average Bonchev–Trinajstić information content (AvgIpc) is 2.81. The number of rotatable bonds is 4. The molecule has 0 bridgehead atoms. The highest BCUT2D eigenvalue weighted by molar-refractivity contribution is 7.09. The number of aromatic nitrogens is 1. The number of halogens is 3. The predicted molar refractivity (Wildman–Crippen MR) is 68.5 cm³/mol. The maximum atomic E-state index is 12.9. The van der Waals surface area contributed by atoms with E-state index in [1.54, 1.807) is 5.38 Å². The molecule has 0 unspecified atom stereocenters. The summed E-state index contributed by atoms with van der Waals surface area (Å²) in [4.78, 5) is 4.12. The molecule has 0 spiro atoms. The number of nitrogens with zero attached hydrogens (tertiary/aromatic N) is 1. The smallest absolute Gasteiger partial charge is 0.419 e. The van der Waals surface area contributed by atoms with Crippen LogP contribution in [-0.4, -0.2) is 10.1 Å². The average molecular weight is 303 g/mol. The van der Waals surface area contributed by atoms with E-state index in [-0.39, 0.29) is 17.9 Å². The van der Waals surface area contributed by atoms with Crippen LogP contribution in [0.5, 0.6) is 5.75 Å². The first-order valence-electron chi connectivity index (χ1n) is 5.75. The van der Waals surface area contributed by atoms with Crippen molar-refractivity contribution in [3.8, 4) is 5.75 Å². The number of hydrogen-bond donors (Lipinski definition) is 1. The normalized spacial score (nSPS) is 11.7. The largest absolute Gasteiger partial charge is 0.487 e. The predicted octanol–water partition coefficient (Wildman–Crippen LogP) is 3.54. The van der Waals surface area contributed by atoms with Gasteiger partial charge in [0, 0.05) is 5.38 Å². The summed E-state index contributed by atoms with van der Waals surface area (Å²) < 4.78 is 44.0. The lowest BCUT2D eigenvalue weighted by Crippen LogP contribution is -2.09. The molecule has 1 heterocycles. The van der Waals surface area contributed by atoms with Crippen molar-refractivity contribution in [2.45, 2.75) is 26.3 Å². The summed E-state index contributed by atoms with van der Waals surface area (Å²) >= 11 is 1.41. The fraction of sp³-hybridized carbons (Fsp3) is 0.308. The Morgan fingerprint density at radius 1 is 1.35 bits per heavy atom. The lowest BCUT2D eigenvalue weighted by Gasteiger charge is -2.14. The van der Waals surface area contributed by atoms with Crippen molar-refractivity contribution in [3.63, 3.8) is 0 Å². The molecule has 0 amide bonds. The number of aryl methyl sites for hydroxylation is 1. The number of alkyl halides is 3. The minimum absolute atomic E-state index is 0.0219. The highest BCUT2D eigenvalue weighted by Gasteiger charge is 2.34. The summed E-state index contributed by atoms with van der Waals surface area (Å²) in [7, 11) is 0. The zero-order valence-electron chi connectivity index (χ0n) is 10.6. The highest BCUT2D eigenvalue weighted by Crippen LogP contribution is 2.37. The fourth-order valence-electron chi connectivity index (χ4n) is 1.65. The molecular formula is C13H12F3NO2S. The van der Waals surface area contributed by atoms with Crippen LogP contribution in [0, 0.1) is 6.92 Å². The Kier molecular flexibility index (Phi) is 4.29. The second-order valence-electron chi connectivity index (χ2n) is 4.13. The Bertz CT molecular complexity index is 596. The van der Waals surface area contributed by atoms with Crippen LogP contribution in [-0.2, 0) is 19.4 Å². The lowest BCUT2D eigenvalue weighted by atomic mass is 10.1. The number of ether oxygens (including phenoxy) is 1. The summed E-state index contributed by atoms with van der Waals surface area (Å²) in [6.07, 6.45) is -4.53. The monoisotopic (exact) mass is 303 g/mol. The van der Waals surface area contributed by atoms with Crippen LogP contribution in [0.3, 0.4) is 0 Å². The van der Waals surface area contributed by atoms with Gasteiger partial charge in [-0.05, 0) is 24.6 Å². The van der Waals surface area contributed by atoms with Gasteiger partial charge in [0.15, 0.2) is 0 Å². The van der Waals surface area contributed by atoms with E-state index in [0.29, 0.717) is 5.69 Å². The Morgan fingerprint density at radius 2 is 2.10 bits per heavy atom. The Balaban J connectivity index is 2.22. The van der Waals surface area contributed by atoms with Crippen LogP contribution in [0.2, 0.25) is 0 Å². The summed E-state index contributed by atoms with van der Waals surface area (Å²) in [5.41, 5.74) is -0.114. The SMILES string of the molecule is Cc1nc(COc2ccc(CO)cc2C(F)(F)F)cs1. The highest BCUT2D eigenvalue weighted by atomic mass is 32.1. The molecule has 0 saturated carbocycles. The maximum absolute atomic E-state index is 12.9. The van der Waals surface area contributed by atoms with Gasteiger partial charge in [-0.1, -0.05) is 6.07 Å². The van der Waals surface area contributed by atoms with Crippen molar-refractivity contribution in [1.29, 1.82) is 0 Å². The lowest BCUT2D eigenvalue weighted by molar-refractivity contribution is -0.139. The van der Waals surface area contributed by atoms with Crippen LogP contribution in [0.15, 0.2) is 23.6 Å². The van der Waals surface area contributed by atoms with Gasteiger partial charge in [0.2, 0.25) is 0 Å². The molecule has 0 aliphatic rings.